The molecule has 3 N–H and O–H groups in total. The van der Waals surface area contributed by atoms with Crippen LogP contribution in [0, 0.1) is 10.8 Å². The molecule has 3 atom stereocenters. The lowest BCUT2D eigenvalue weighted by molar-refractivity contribution is -0.129. The van der Waals surface area contributed by atoms with Gasteiger partial charge in [-0.2, -0.15) is 0 Å². The van der Waals surface area contributed by atoms with Crippen LogP contribution in [0.1, 0.15) is 41.0 Å². The molecule has 1 fully saturated rings. The molecule has 0 aliphatic carbocycles. The van der Waals surface area contributed by atoms with Crippen LogP contribution < -0.4 is 11.1 Å². The average molecular weight is 255 g/mol. The molecule has 1 rings (SSSR count). The molecule has 4 nitrogen and oxygen atoms in total. The summed E-state index contributed by atoms with van der Waals surface area (Å²) in [5.41, 5.74) is 6.01. The highest BCUT2D eigenvalue weighted by molar-refractivity contribution is 5.82. The first kappa shape index (κ1) is 15.4. The van der Waals surface area contributed by atoms with Crippen LogP contribution in [-0.4, -0.2) is 43.0 Å². The fraction of sp³-hybridized carbons (Fsp3) is 0.929. The van der Waals surface area contributed by atoms with Gasteiger partial charge in [-0.15, -0.1) is 0 Å². The molecule has 106 valence electrons. The minimum atomic E-state index is -0.271. The number of likely N-dealkylation sites (tertiary alicyclic amines) is 1. The maximum Gasteiger partial charge on any atom is 0.227 e. The summed E-state index contributed by atoms with van der Waals surface area (Å²) >= 11 is 0. The Morgan fingerprint density at radius 1 is 1.44 bits per heavy atom. The van der Waals surface area contributed by atoms with Crippen molar-refractivity contribution >= 4 is 5.91 Å². The van der Waals surface area contributed by atoms with E-state index in [-0.39, 0.29) is 22.8 Å². The molecule has 4 heteroatoms. The Balaban J connectivity index is 2.84. The summed E-state index contributed by atoms with van der Waals surface area (Å²) in [5, 5.41) is 2.78. The second kappa shape index (κ2) is 5.17. The number of rotatable bonds is 3. The van der Waals surface area contributed by atoms with Gasteiger partial charge >= 0.3 is 0 Å². The summed E-state index contributed by atoms with van der Waals surface area (Å²) in [5.74, 6) is 0.141. The number of carbonyl (C=O) groups is 1. The molecular weight excluding hydrogens is 226 g/mol. The van der Waals surface area contributed by atoms with Gasteiger partial charge in [-0.25, -0.2) is 0 Å². The van der Waals surface area contributed by atoms with E-state index in [1.807, 2.05) is 6.92 Å². The topological polar surface area (TPSA) is 58.4 Å². The van der Waals surface area contributed by atoms with Gasteiger partial charge in [-0.1, -0.05) is 20.8 Å². The van der Waals surface area contributed by atoms with E-state index in [0.29, 0.717) is 6.04 Å². The lowest BCUT2D eigenvalue weighted by Gasteiger charge is -2.41. The largest absolute Gasteiger partial charge is 0.359 e. The number of nitrogens with zero attached hydrogens (tertiary/aromatic N) is 1. The minimum Gasteiger partial charge on any atom is -0.359 e. The van der Waals surface area contributed by atoms with Crippen molar-refractivity contribution in [3.8, 4) is 0 Å². The van der Waals surface area contributed by atoms with E-state index in [0.717, 1.165) is 19.5 Å². The fourth-order valence-electron chi connectivity index (χ4n) is 3.39. The van der Waals surface area contributed by atoms with Gasteiger partial charge in [0.05, 0.1) is 5.41 Å². The smallest absolute Gasteiger partial charge is 0.227 e. The SMILES string of the molecule is CNC(=O)C1(C)CCN(C(C(C)N)C(C)(C)C)C1. The predicted molar refractivity (Wildman–Crippen MR) is 75.3 cm³/mol. The normalized spacial score (nSPS) is 29.1. The molecule has 18 heavy (non-hydrogen) atoms. The summed E-state index contributed by atoms with van der Waals surface area (Å²) in [4.78, 5) is 14.3. The van der Waals surface area contributed by atoms with E-state index in [1.165, 1.54) is 0 Å². The molecule has 1 saturated heterocycles. The molecule has 0 saturated carbocycles. The molecule has 0 bridgehead atoms. The Morgan fingerprint density at radius 3 is 2.39 bits per heavy atom. The van der Waals surface area contributed by atoms with Crippen molar-refractivity contribution in [3.05, 3.63) is 0 Å². The summed E-state index contributed by atoms with van der Waals surface area (Å²) in [6, 6.07) is 0.418. The third-order valence-electron chi connectivity index (χ3n) is 4.06. The monoisotopic (exact) mass is 255 g/mol. The summed E-state index contributed by atoms with van der Waals surface area (Å²) in [7, 11) is 1.71. The Labute approximate surface area is 111 Å². The number of hydrogen-bond acceptors (Lipinski definition) is 3. The van der Waals surface area contributed by atoms with E-state index in [1.54, 1.807) is 7.05 Å². The van der Waals surface area contributed by atoms with Gasteiger partial charge in [0.1, 0.15) is 0 Å². The lowest BCUT2D eigenvalue weighted by atomic mass is 9.81. The zero-order valence-corrected chi connectivity index (χ0v) is 12.7. The molecule has 1 aliphatic heterocycles. The van der Waals surface area contributed by atoms with E-state index in [2.05, 4.69) is 37.9 Å². The van der Waals surface area contributed by atoms with Crippen molar-refractivity contribution in [2.24, 2.45) is 16.6 Å². The zero-order valence-electron chi connectivity index (χ0n) is 12.7. The van der Waals surface area contributed by atoms with Crippen molar-refractivity contribution in [2.45, 2.75) is 53.1 Å². The second-order valence-corrected chi connectivity index (χ2v) is 7.03. The van der Waals surface area contributed by atoms with Gasteiger partial charge in [0.2, 0.25) is 5.91 Å². The molecule has 0 aromatic heterocycles. The van der Waals surface area contributed by atoms with Crippen molar-refractivity contribution in [1.29, 1.82) is 0 Å². The van der Waals surface area contributed by atoms with Crippen LogP contribution in [0.25, 0.3) is 0 Å². The minimum absolute atomic E-state index is 0.108. The highest BCUT2D eigenvalue weighted by Gasteiger charge is 2.45. The van der Waals surface area contributed by atoms with E-state index < -0.39 is 0 Å². The standard InChI is InChI=1S/C14H29N3O/c1-10(15)11(13(2,3)4)17-8-7-14(5,9-17)12(18)16-6/h10-11H,7-9,15H2,1-6H3,(H,16,18). The highest BCUT2D eigenvalue weighted by Crippen LogP contribution is 2.36. The third-order valence-corrected chi connectivity index (χ3v) is 4.06. The number of hydrogen-bond donors (Lipinski definition) is 2. The molecule has 0 aromatic carbocycles. The quantitative estimate of drug-likeness (QED) is 0.797. The van der Waals surface area contributed by atoms with Crippen molar-refractivity contribution in [1.82, 2.24) is 10.2 Å². The Hall–Kier alpha value is -0.610. The first-order valence-electron chi connectivity index (χ1n) is 6.83. The van der Waals surface area contributed by atoms with Crippen LogP contribution in [0.15, 0.2) is 0 Å². The maximum atomic E-state index is 12.0. The van der Waals surface area contributed by atoms with Crippen molar-refractivity contribution < 1.29 is 4.79 Å². The van der Waals surface area contributed by atoms with E-state index >= 15 is 0 Å². The molecule has 0 spiro atoms. The van der Waals surface area contributed by atoms with Gasteiger partial charge < -0.3 is 11.1 Å². The van der Waals surface area contributed by atoms with Crippen LogP contribution in [0.3, 0.4) is 0 Å². The van der Waals surface area contributed by atoms with Gasteiger partial charge in [-0.05, 0) is 32.2 Å². The second-order valence-electron chi connectivity index (χ2n) is 7.03. The van der Waals surface area contributed by atoms with Crippen LogP contribution in [0.4, 0.5) is 0 Å². The summed E-state index contributed by atoms with van der Waals surface area (Å²) in [6.07, 6.45) is 0.909. The number of amides is 1. The van der Waals surface area contributed by atoms with Gasteiger partial charge in [0.25, 0.3) is 0 Å². The number of nitrogens with two attached hydrogens (primary N) is 1. The van der Waals surface area contributed by atoms with Crippen LogP contribution >= 0.6 is 0 Å². The van der Waals surface area contributed by atoms with Crippen LogP contribution in [0.2, 0.25) is 0 Å². The van der Waals surface area contributed by atoms with Crippen molar-refractivity contribution in [3.63, 3.8) is 0 Å². The third kappa shape index (κ3) is 3.04. The Kier molecular flexibility index (Phi) is 4.44. The molecular formula is C14H29N3O. The maximum absolute atomic E-state index is 12.0. The molecule has 1 aliphatic rings. The molecule has 0 radical (unpaired) electrons. The van der Waals surface area contributed by atoms with E-state index in [9.17, 15) is 4.79 Å². The van der Waals surface area contributed by atoms with Gasteiger partial charge in [0, 0.05) is 25.7 Å². The van der Waals surface area contributed by atoms with Crippen molar-refractivity contribution in [2.75, 3.05) is 20.1 Å². The Bertz CT molecular complexity index is 309. The molecule has 3 unspecified atom stereocenters. The van der Waals surface area contributed by atoms with Gasteiger partial charge in [-0.3, -0.25) is 9.69 Å². The number of carbonyl (C=O) groups excluding carboxylic acids is 1. The zero-order chi connectivity index (χ0) is 14.1. The van der Waals surface area contributed by atoms with Gasteiger partial charge in [0.15, 0.2) is 0 Å². The summed E-state index contributed by atoms with van der Waals surface area (Å²) < 4.78 is 0. The molecule has 1 heterocycles. The van der Waals surface area contributed by atoms with E-state index in [4.69, 9.17) is 5.73 Å². The first-order chi connectivity index (χ1) is 8.12. The molecule has 1 amide bonds. The fourth-order valence-corrected chi connectivity index (χ4v) is 3.39. The average Bonchev–Trinajstić information content (AvgIpc) is 2.58. The summed E-state index contributed by atoms with van der Waals surface area (Å²) in [6.45, 7) is 12.5. The van der Waals surface area contributed by atoms with Crippen LogP contribution in [-0.2, 0) is 4.79 Å². The lowest BCUT2D eigenvalue weighted by Crippen LogP contribution is -2.53. The predicted octanol–water partition coefficient (Wildman–Crippen LogP) is 1.21. The highest BCUT2D eigenvalue weighted by atomic mass is 16.2. The first-order valence-corrected chi connectivity index (χ1v) is 6.83. The Morgan fingerprint density at radius 2 is 2.00 bits per heavy atom. The molecule has 0 aromatic rings. The van der Waals surface area contributed by atoms with Crippen LogP contribution in [0.5, 0.6) is 0 Å². The number of nitrogens with one attached hydrogen (secondary N) is 1.